The largest absolute Gasteiger partial charge is 0.507 e. The van der Waals surface area contributed by atoms with E-state index in [2.05, 4.69) is 0 Å². The third-order valence-corrected chi connectivity index (χ3v) is 3.77. The van der Waals surface area contributed by atoms with Crippen molar-refractivity contribution in [1.29, 1.82) is 0 Å². The van der Waals surface area contributed by atoms with Crippen LogP contribution in [0.3, 0.4) is 0 Å². The van der Waals surface area contributed by atoms with Crippen molar-refractivity contribution in [2.45, 2.75) is 39.7 Å². The van der Waals surface area contributed by atoms with E-state index in [1.165, 1.54) is 6.92 Å². The van der Waals surface area contributed by atoms with Gasteiger partial charge in [0, 0.05) is 5.56 Å². The number of carboxylic acid groups (broad SMARTS) is 1. The molecule has 5 nitrogen and oxygen atoms in total. The van der Waals surface area contributed by atoms with Gasteiger partial charge in [-0.25, -0.2) is 4.79 Å². The van der Waals surface area contributed by atoms with Gasteiger partial charge in [0.05, 0.1) is 12.0 Å². The van der Waals surface area contributed by atoms with Crippen molar-refractivity contribution in [3.05, 3.63) is 22.3 Å². The molecule has 1 unspecified atom stereocenters. The van der Waals surface area contributed by atoms with E-state index in [0.717, 1.165) is 0 Å². The molecule has 5 heteroatoms. The summed E-state index contributed by atoms with van der Waals surface area (Å²) >= 11 is 0. The van der Waals surface area contributed by atoms with Gasteiger partial charge in [0.1, 0.15) is 11.5 Å². The first-order chi connectivity index (χ1) is 8.69. The van der Waals surface area contributed by atoms with Gasteiger partial charge >= 0.3 is 5.97 Å². The SMILES string of the molecule is Cc1c(C)c2c(c(C)c1O)C(=O)CC(C)(C(=O)O)O2. The maximum Gasteiger partial charge on any atom is 0.348 e. The summed E-state index contributed by atoms with van der Waals surface area (Å²) in [4.78, 5) is 23.4. The average Bonchev–Trinajstić information content (AvgIpc) is 2.32. The van der Waals surface area contributed by atoms with E-state index >= 15 is 0 Å². The molecule has 0 fully saturated rings. The number of phenolic OH excluding ortho intramolecular Hbond substituents is 1. The Labute approximate surface area is 110 Å². The molecule has 1 aromatic rings. The predicted molar refractivity (Wildman–Crippen MR) is 67.9 cm³/mol. The molecule has 1 aliphatic heterocycles. The molecule has 1 aliphatic rings. The summed E-state index contributed by atoms with van der Waals surface area (Å²) in [7, 11) is 0. The van der Waals surface area contributed by atoms with Crippen LogP contribution >= 0.6 is 0 Å². The van der Waals surface area contributed by atoms with Gasteiger partial charge in [-0.3, -0.25) is 4.79 Å². The summed E-state index contributed by atoms with van der Waals surface area (Å²) in [5.41, 5.74) is 0.372. The number of ether oxygens (including phenoxy) is 1. The Hall–Kier alpha value is -2.04. The third kappa shape index (κ3) is 1.77. The third-order valence-electron chi connectivity index (χ3n) is 3.77. The molecule has 2 rings (SSSR count). The zero-order valence-electron chi connectivity index (χ0n) is 11.3. The van der Waals surface area contributed by atoms with Crippen LogP contribution in [-0.2, 0) is 4.79 Å². The van der Waals surface area contributed by atoms with Gasteiger partial charge in [-0.05, 0) is 38.8 Å². The highest BCUT2D eigenvalue weighted by atomic mass is 16.5. The Morgan fingerprint density at radius 2 is 1.79 bits per heavy atom. The lowest BCUT2D eigenvalue weighted by Crippen LogP contribution is -2.46. The molecule has 0 aromatic heterocycles. The van der Waals surface area contributed by atoms with Crippen molar-refractivity contribution < 1.29 is 24.5 Å². The van der Waals surface area contributed by atoms with E-state index < -0.39 is 11.6 Å². The predicted octanol–water partition coefficient (Wildman–Crippen LogP) is 2.13. The number of benzene rings is 1. The van der Waals surface area contributed by atoms with Gasteiger partial charge in [0.2, 0.25) is 5.60 Å². The molecule has 1 atom stereocenters. The van der Waals surface area contributed by atoms with Crippen molar-refractivity contribution in [3.63, 3.8) is 0 Å². The van der Waals surface area contributed by atoms with Crippen molar-refractivity contribution >= 4 is 11.8 Å². The Bertz CT molecular complexity index is 603. The number of Topliss-reactive ketones (excluding diaryl/α,β-unsaturated/α-hetero) is 1. The van der Waals surface area contributed by atoms with E-state index in [1.54, 1.807) is 20.8 Å². The monoisotopic (exact) mass is 264 g/mol. The summed E-state index contributed by atoms with van der Waals surface area (Å²) in [6, 6.07) is 0. The van der Waals surface area contributed by atoms with E-state index in [0.29, 0.717) is 22.3 Å². The van der Waals surface area contributed by atoms with Crippen LogP contribution in [0.15, 0.2) is 0 Å². The Balaban J connectivity index is 2.73. The Morgan fingerprint density at radius 1 is 1.21 bits per heavy atom. The van der Waals surface area contributed by atoms with Gasteiger partial charge in [-0.1, -0.05) is 0 Å². The minimum atomic E-state index is -1.55. The maximum atomic E-state index is 12.2. The van der Waals surface area contributed by atoms with E-state index in [-0.39, 0.29) is 23.7 Å². The molecule has 0 bridgehead atoms. The first-order valence-electron chi connectivity index (χ1n) is 5.97. The zero-order chi connectivity index (χ0) is 14.5. The summed E-state index contributed by atoms with van der Waals surface area (Å²) < 4.78 is 5.57. The highest BCUT2D eigenvalue weighted by Gasteiger charge is 2.44. The van der Waals surface area contributed by atoms with Crippen LogP contribution in [0.4, 0.5) is 0 Å². The number of carbonyl (C=O) groups excluding carboxylic acids is 1. The number of fused-ring (bicyclic) bond motifs is 1. The molecule has 0 spiro atoms. The fourth-order valence-electron chi connectivity index (χ4n) is 2.34. The number of ketones is 1. The van der Waals surface area contributed by atoms with E-state index in [4.69, 9.17) is 4.74 Å². The summed E-state index contributed by atoms with van der Waals surface area (Å²) in [5.74, 6) is -1.16. The number of rotatable bonds is 1. The summed E-state index contributed by atoms with van der Waals surface area (Å²) in [6.07, 6.45) is -0.238. The fourth-order valence-corrected chi connectivity index (χ4v) is 2.34. The van der Waals surface area contributed by atoms with E-state index in [1.807, 2.05) is 0 Å². The minimum absolute atomic E-state index is 0.0622. The molecule has 0 amide bonds. The topological polar surface area (TPSA) is 83.8 Å². The summed E-state index contributed by atoms with van der Waals surface area (Å²) in [5, 5.41) is 19.2. The maximum absolute atomic E-state index is 12.2. The molecule has 0 saturated carbocycles. The highest BCUT2D eigenvalue weighted by Crippen LogP contribution is 2.43. The Morgan fingerprint density at radius 3 is 2.32 bits per heavy atom. The van der Waals surface area contributed by atoms with Crippen LogP contribution in [0.5, 0.6) is 11.5 Å². The van der Waals surface area contributed by atoms with Crippen LogP contribution in [-0.4, -0.2) is 27.6 Å². The van der Waals surface area contributed by atoms with Gasteiger partial charge in [-0.2, -0.15) is 0 Å². The second-order valence-corrected chi connectivity index (χ2v) is 5.17. The zero-order valence-corrected chi connectivity index (χ0v) is 11.3. The van der Waals surface area contributed by atoms with Crippen LogP contribution in [0, 0.1) is 20.8 Å². The van der Waals surface area contributed by atoms with Crippen LogP contribution in [0.2, 0.25) is 0 Å². The average molecular weight is 264 g/mol. The lowest BCUT2D eigenvalue weighted by atomic mass is 9.86. The Kier molecular flexibility index (Phi) is 2.81. The molecular weight excluding hydrogens is 248 g/mol. The molecule has 1 heterocycles. The number of aromatic hydroxyl groups is 1. The molecular formula is C14H16O5. The first-order valence-corrected chi connectivity index (χ1v) is 5.97. The summed E-state index contributed by atoms with van der Waals surface area (Å²) in [6.45, 7) is 6.42. The van der Waals surface area contributed by atoms with Gasteiger partial charge in [-0.15, -0.1) is 0 Å². The van der Waals surface area contributed by atoms with Crippen molar-refractivity contribution in [1.82, 2.24) is 0 Å². The smallest absolute Gasteiger partial charge is 0.348 e. The van der Waals surface area contributed by atoms with Crippen molar-refractivity contribution in [3.8, 4) is 11.5 Å². The van der Waals surface area contributed by atoms with Gasteiger partial charge in [0.25, 0.3) is 0 Å². The van der Waals surface area contributed by atoms with Crippen molar-refractivity contribution in [2.24, 2.45) is 0 Å². The van der Waals surface area contributed by atoms with Crippen molar-refractivity contribution in [2.75, 3.05) is 0 Å². The minimum Gasteiger partial charge on any atom is -0.507 e. The first kappa shape index (κ1) is 13.4. The van der Waals surface area contributed by atoms with Gasteiger partial charge < -0.3 is 14.9 Å². The number of hydrogen-bond donors (Lipinski definition) is 2. The molecule has 0 saturated heterocycles. The molecule has 19 heavy (non-hydrogen) atoms. The fraction of sp³-hybridized carbons (Fsp3) is 0.429. The molecule has 2 N–H and O–H groups in total. The van der Waals surface area contributed by atoms with Crippen LogP contribution < -0.4 is 4.74 Å². The molecule has 0 radical (unpaired) electrons. The number of carbonyl (C=O) groups is 2. The lowest BCUT2D eigenvalue weighted by molar-refractivity contribution is -0.154. The second-order valence-electron chi connectivity index (χ2n) is 5.17. The van der Waals surface area contributed by atoms with E-state index in [9.17, 15) is 19.8 Å². The number of phenols is 1. The second kappa shape index (κ2) is 3.98. The molecule has 0 aliphatic carbocycles. The highest BCUT2D eigenvalue weighted by molar-refractivity contribution is 6.05. The molecule has 1 aromatic carbocycles. The number of hydrogen-bond acceptors (Lipinski definition) is 4. The quantitative estimate of drug-likeness (QED) is 0.811. The normalized spacial score (nSPS) is 21.8. The lowest BCUT2D eigenvalue weighted by Gasteiger charge is -2.33. The molecule has 102 valence electrons. The van der Waals surface area contributed by atoms with Crippen LogP contribution in [0.1, 0.15) is 40.4 Å². The number of carboxylic acids is 1. The van der Waals surface area contributed by atoms with Gasteiger partial charge in [0.15, 0.2) is 5.78 Å². The van der Waals surface area contributed by atoms with Crippen LogP contribution in [0.25, 0.3) is 0 Å². The standard InChI is InChI=1S/C14H16O5/c1-6-7(2)12-10(8(3)11(6)16)9(15)5-14(4,19-12)13(17)18/h16H,5H2,1-4H3,(H,17,18). The number of aliphatic carboxylic acids is 1.